The van der Waals surface area contributed by atoms with Crippen molar-refractivity contribution in [1.29, 1.82) is 0 Å². The van der Waals surface area contributed by atoms with Gasteiger partial charge in [0, 0.05) is 0 Å². The molecule has 2 aromatic carbocycles. The van der Waals surface area contributed by atoms with E-state index in [4.69, 9.17) is 13.7 Å². The summed E-state index contributed by atoms with van der Waals surface area (Å²) in [5.41, 5.74) is 0.467. The Morgan fingerprint density at radius 3 is 2.44 bits per heavy atom. The van der Waals surface area contributed by atoms with Crippen molar-refractivity contribution in [2.24, 2.45) is 5.92 Å². The highest BCUT2D eigenvalue weighted by atomic mass is 32.2. The summed E-state index contributed by atoms with van der Waals surface area (Å²) in [5, 5.41) is -0.585. The first-order chi connectivity index (χ1) is 16.1. The van der Waals surface area contributed by atoms with E-state index in [2.05, 4.69) is 0 Å². The molecule has 0 unspecified atom stereocenters. The molecule has 0 spiro atoms. The van der Waals surface area contributed by atoms with Crippen LogP contribution in [-0.2, 0) is 24.4 Å². The van der Waals surface area contributed by atoms with Crippen molar-refractivity contribution in [1.82, 2.24) is 4.90 Å². The van der Waals surface area contributed by atoms with Crippen LogP contribution in [0.1, 0.15) is 19.4 Å². The Balaban J connectivity index is 1.77. The number of methoxy groups -OCH3 is 1. The highest BCUT2D eigenvalue weighted by Crippen LogP contribution is 2.35. The van der Waals surface area contributed by atoms with Gasteiger partial charge in [-0.05, 0) is 53.6 Å². The number of thioether (sulfide) groups is 1. The first-order valence-electron chi connectivity index (χ1n) is 10.2. The third kappa shape index (κ3) is 6.17. The predicted molar refractivity (Wildman–Crippen MR) is 126 cm³/mol. The molecule has 1 saturated heterocycles. The van der Waals surface area contributed by atoms with Gasteiger partial charge in [0.15, 0.2) is 11.5 Å². The molecule has 1 aliphatic heterocycles. The molecule has 1 aliphatic rings. The second kappa shape index (κ2) is 10.7. The van der Waals surface area contributed by atoms with E-state index in [0.29, 0.717) is 17.3 Å². The number of ether oxygens (including phenoxy) is 2. The minimum atomic E-state index is -4.08. The average molecular weight is 506 g/mol. The Kier molecular flexibility index (Phi) is 8.00. The van der Waals surface area contributed by atoms with Gasteiger partial charge in [-0.2, -0.15) is 8.42 Å². The van der Waals surface area contributed by atoms with Crippen molar-refractivity contribution >= 4 is 45.1 Å². The van der Waals surface area contributed by atoms with Crippen LogP contribution in [0.2, 0.25) is 0 Å². The zero-order chi connectivity index (χ0) is 24.9. The third-order valence-electron chi connectivity index (χ3n) is 4.46. The van der Waals surface area contributed by atoms with E-state index in [-0.39, 0.29) is 33.8 Å². The maximum atomic E-state index is 12.6. The average Bonchev–Trinajstić information content (AvgIpc) is 3.06. The van der Waals surface area contributed by atoms with Gasteiger partial charge in [-0.3, -0.25) is 19.3 Å². The van der Waals surface area contributed by atoms with Crippen LogP contribution >= 0.6 is 11.8 Å². The Hall–Kier alpha value is -3.31. The normalized spacial score (nSPS) is 15.2. The zero-order valence-corrected chi connectivity index (χ0v) is 20.4. The topological polar surface area (TPSA) is 116 Å². The summed E-state index contributed by atoms with van der Waals surface area (Å²) in [6, 6.07) is 12.0. The Bertz CT molecular complexity index is 1220. The minimum absolute atomic E-state index is 0.0123. The molecule has 2 aromatic rings. The number of carbonyl (C=O) groups is 3. The van der Waals surface area contributed by atoms with E-state index in [1.807, 2.05) is 13.8 Å². The predicted octanol–water partition coefficient (Wildman–Crippen LogP) is 3.70. The van der Waals surface area contributed by atoms with Crippen LogP contribution in [0.5, 0.6) is 11.5 Å². The second-order valence-corrected chi connectivity index (χ2v) is 10.1. The van der Waals surface area contributed by atoms with Gasteiger partial charge in [-0.25, -0.2) is 0 Å². The molecule has 0 bridgehead atoms. The molecule has 0 aliphatic carbocycles. The maximum absolute atomic E-state index is 12.6. The van der Waals surface area contributed by atoms with Gasteiger partial charge in [0.05, 0.1) is 18.6 Å². The van der Waals surface area contributed by atoms with E-state index in [9.17, 15) is 22.8 Å². The number of hydrogen-bond acceptors (Lipinski definition) is 9. The fourth-order valence-corrected chi connectivity index (χ4v) is 4.62. The minimum Gasteiger partial charge on any atom is -0.493 e. The van der Waals surface area contributed by atoms with Crippen molar-refractivity contribution in [3.8, 4) is 11.5 Å². The van der Waals surface area contributed by atoms with Crippen molar-refractivity contribution < 1.29 is 36.5 Å². The first kappa shape index (κ1) is 25.3. The van der Waals surface area contributed by atoms with E-state index >= 15 is 0 Å². The van der Waals surface area contributed by atoms with Crippen molar-refractivity contribution in [2.75, 3.05) is 20.3 Å². The van der Waals surface area contributed by atoms with Crippen LogP contribution in [0.15, 0.2) is 58.3 Å². The molecular weight excluding hydrogens is 482 g/mol. The summed E-state index contributed by atoms with van der Waals surface area (Å²) >= 11 is 0.691. The number of imide groups is 1. The molecule has 180 valence electrons. The van der Waals surface area contributed by atoms with Crippen molar-refractivity contribution in [3.63, 3.8) is 0 Å². The molecule has 0 N–H and O–H groups in total. The van der Waals surface area contributed by atoms with E-state index in [0.717, 1.165) is 4.90 Å². The molecule has 0 atom stereocenters. The van der Waals surface area contributed by atoms with Gasteiger partial charge in [0.1, 0.15) is 11.4 Å². The van der Waals surface area contributed by atoms with Gasteiger partial charge >= 0.3 is 16.1 Å². The molecule has 1 fully saturated rings. The number of nitrogens with zero attached hydrogens (tertiary/aromatic N) is 1. The van der Waals surface area contributed by atoms with E-state index in [1.165, 1.54) is 43.5 Å². The number of rotatable bonds is 9. The lowest BCUT2D eigenvalue weighted by Crippen LogP contribution is -2.34. The number of benzene rings is 2. The highest BCUT2D eigenvalue weighted by Gasteiger charge is 2.36. The van der Waals surface area contributed by atoms with Gasteiger partial charge in [0.2, 0.25) is 0 Å². The van der Waals surface area contributed by atoms with Crippen LogP contribution in [0.25, 0.3) is 6.08 Å². The molecule has 34 heavy (non-hydrogen) atoms. The van der Waals surface area contributed by atoms with Crippen molar-refractivity contribution in [2.45, 2.75) is 18.7 Å². The molecule has 0 saturated carbocycles. The second-order valence-electron chi connectivity index (χ2n) is 7.61. The number of hydrogen-bond donors (Lipinski definition) is 0. The first-order valence-corrected chi connectivity index (χ1v) is 12.4. The fraction of sp³-hybridized carbons (Fsp3) is 0.261. The zero-order valence-electron chi connectivity index (χ0n) is 18.7. The Morgan fingerprint density at radius 1 is 1.09 bits per heavy atom. The largest absolute Gasteiger partial charge is 0.493 e. The lowest BCUT2D eigenvalue weighted by atomic mass is 10.2. The molecule has 11 heteroatoms. The summed E-state index contributed by atoms with van der Waals surface area (Å²) in [4.78, 5) is 37.7. The molecule has 3 rings (SSSR count). The monoisotopic (exact) mass is 505 g/mol. The molecule has 2 amide bonds. The van der Waals surface area contributed by atoms with E-state index in [1.54, 1.807) is 18.2 Å². The van der Waals surface area contributed by atoms with Crippen molar-refractivity contribution in [3.05, 3.63) is 59.0 Å². The van der Waals surface area contributed by atoms with Crippen LogP contribution < -0.4 is 8.92 Å². The summed E-state index contributed by atoms with van der Waals surface area (Å²) in [6.45, 7) is 3.47. The number of amides is 2. The van der Waals surface area contributed by atoms with Gasteiger partial charge in [-0.15, -0.1) is 0 Å². The summed E-state index contributed by atoms with van der Waals surface area (Å²) in [5.74, 6) is -1.08. The number of carbonyl (C=O) groups excluding carboxylic acids is 3. The molecule has 1 heterocycles. The van der Waals surface area contributed by atoms with Crippen LogP contribution in [-0.4, -0.2) is 50.7 Å². The summed E-state index contributed by atoms with van der Waals surface area (Å²) < 4.78 is 40.5. The molecule has 0 aromatic heterocycles. The van der Waals surface area contributed by atoms with Gasteiger partial charge in [0.25, 0.3) is 11.1 Å². The lowest BCUT2D eigenvalue weighted by Gasteiger charge is -2.13. The molecule has 0 radical (unpaired) electrons. The van der Waals surface area contributed by atoms with E-state index < -0.39 is 33.8 Å². The van der Waals surface area contributed by atoms with Crippen LogP contribution in [0.3, 0.4) is 0 Å². The highest BCUT2D eigenvalue weighted by molar-refractivity contribution is 8.18. The summed E-state index contributed by atoms with van der Waals surface area (Å²) in [7, 11) is -2.73. The SMILES string of the molecule is COc1cc(/C=C2\SC(=O)N(CC(=O)OCC(C)C)C2=O)ccc1OS(=O)(=O)c1ccccc1. The van der Waals surface area contributed by atoms with Crippen LogP contribution in [0, 0.1) is 5.92 Å². The lowest BCUT2D eigenvalue weighted by molar-refractivity contribution is -0.147. The standard InChI is InChI=1S/C23H23NO8S2/c1-15(2)14-31-21(25)13-24-22(26)20(33-23(24)27)12-16-9-10-18(19(11-16)30-3)32-34(28,29)17-7-5-4-6-8-17/h4-12,15H,13-14H2,1-3H3/b20-12-. The van der Waals surface area contributed by atoms with Gasteiger partial charge in [-0.1, -0.05) is 38.1 Å². The third-order valence-corrected chi connectivity index (χ3v) is 6.61. The summed E-state index contributed by atoms with van der Waals surface area (Å²) in [6.07, 6.45) is 1.45. The molecule has 9 nitrogen and oxygen atoms in total. The smallest absolute Gasteiger partial charge is 0.339 e. The Morgan fingerprint density at radius 2 is 1.79 bits per heavy atom. The maximum Gasteiger partial charge on any atom is 0.339 e. The number of esters is 1. The van der Waals surface area contributed by atoms with Crippen LogP contribution in [0.4, 0.5) is 4.79 Å². The quantitative estimate of drug-likeness (QED) is 0.286. The Labute approximate surface area is 201 Å². The fourth-order valence-electron chi connectivity index (χ4n) is 2.82. The molecular formula is C23H23NO8S2. The van der Waals surface area contributed by atoms with Gasteiger partial charge < -0.3 is 13.7 Å².